The van der Waals surface area contributed by atoms with Crippen molar-refractivity contribution in [2.24, 2.45) is 0 Å². The van der Waals surface area contributed by atoms with Crippen molar-refractivity contribution >= 4 is 17.5 Å². The SMILES string of the molecule is COc1ccc(C(CNC(=O)CCN2C(=O)COc3ccccc32)N2CCOCC2)cc1OC. The van der Waals surface area contributed by atoms with Gasteiger partial charge < -0.3 is 29.2 Å². The lowest BCUT2D eigenvalue weighted by Crippen LogP contribution is -2.44. The van der Waals surface area contributed by atoms with Gasteiger partial charge in [0.25, 0.3) is 5.91 Å². The largest absolute Gasteiger partial charge is 0.493 e. The van der Waals surface area contributed by atoms with Gasteiger partial charge in [0.2, 0.25) is 5.91 Å². The number of hydrogen-bond donors (Lipinski definition) is 1. The van der Waals surface area contributed by atoms with E-state index in [2.05, 4.69) is 10.2 Å². The number of para-hydroxylation sites is 2. The first kappa shape index (κ1) is 23.8. The van der Waals surface area contributed by atoms with Crippen LogP contribution in [0.1, 0.15) is 18.0 Å². The number of benzene rings is 2. The zero-order valence-electron chi connectivity index (χ0n) is 19.6. The number of morpholine rings is 1. The van der Waals surface area contributed by atoms with Crippen LogP contribution in [-0.4, -0.2) is 76.9 Å². The zero-order chi connectivity index (χ0) is 23.9. The van der Waals surface area contributed by atoms with Gasteiger partial charge in [-0.05, 0) is 29.8 Å². The van der Waals surface area contributed by atoms with Crippen LogP contribution >= 0.6 is 0 Å². The molecule has 4 rings (SSSR count). The second kappa shape index (κ2) is 11.2. The number of amides is 2. The van der Waals surface area contributed by atoms with Crippen molar-refractivity contribution in [2.75, 3.05) is 65.1 Å². The molecule has 0 radical (unpaired) electrons. The van der Waals surface area contributed by atoms with Gasteiger partial charge in [-0.1, -0.05) is 18.2 Å². The van der Waals surface area contributed by atoms with E-state index >= 15 is 0 Å². The standard InChI is InChI=1S/C25H31N3O6/c1-31-22-8-7-18(15-23(22)32-2)20(27-11-13-33-14-12-27)16-26-24(29)9-10-28-19-5-3-4-6-21(19)34-17-25(28)30/h3-8,15,20H,9-14,16-17H2,1-2H3,(H,26,29). The summed E-state index contributed by atoms with van der Waals surface area (Å²) in [6.45, 7) is 3.55. The molecule has 0 aromatic heterocycles. The average Bonchev–Trinajstić information content (AvgIpc) is 2.88. The van der Waals surface area contributed by atoms with E-state index in [4.69, 9.17) is 18.9 Å². The Morgan fingerprint density at radius 3 is 2.62 bits per heavy atom. The van der Waals surface area contributed by atoms with Crippen molar-refractivity contribution in [1.82, 2.24) is 10.2 Å². The van der Waals surface area contributed by atoms with E-state index < -0.39 is 0 Å². The summed E-state index contributed by atoms with van der Waals surface area (Å²) >= 11 is 0. The number of hydrogen-bond acceptors (Lipinski definition) is 7. The van der Waals surface area contributed by atoms with Crippen molar-refractivity contribution in [3.8, 4) is 17.2 Å². The van der Waals surface area contributed by atoms with E-state index in [0.29, 0.717) is 49.2 Å². The maximum atomic E-state index is 12.8. The second-order valence-corrected chi connectivity index (χ2v) is 8.13. The minimum Gasteiger partial charge on any atom is -0.493 e. The molecule has 1 N–H and O–H groups in total. The molecule has 0 spiro atoms. The van der Waals surface area contributed by atoms with Crippen LogP contribution < -0.4 is 24.4 Å². The lowest BCUT2D eigenvalue weighted by atomic mass is 10.0. The van der Waals surface area contributed by atoms with Crippen LogP contribution in [0.25, 0.3) is 0 Å². The first-order chi connectivity index (χ1) is 16.6. The third kappa shape index (κ3) is 5.43. The molecule has 1 atom stereocenters. The molecule has 9 nitrogen and oxygen atoms in total. The molecule has 2 aliphatic heterocycles. The maximum absolute atomic E-state index is 12.8. The zero-order valence-corrected chi connectivity index (χ0v) is 19.6. The van der Waals surface area contributed by atoms with Crippen molar-refractivity contribution in [3.05, 3.63) is 48.0 Å². The van der Waals surface area contributed by atoms with E-state index in [-0.39, 0.29) is 30.9 Å². The molecule has 34 heavy (non-hydrogen) atoms. The highest BCUT2D eigenvalue weighted by atomic mass is 16.5. The Hall–Kier alpha value is -3.30. The summed E-state index contributed by atoms with van der Waals surface area (Å²) in [7, 11) is 3.22. The molecule has 0 aliphatic carbocycles. The van der Waals surface area contributed by atoms with E-state index in [9.17, 15) is 9.59 Å². The molecule has 9 heteroatoms. The Kier molecular flexibility index (Phi) is 7.87. The van der Waals surface area contributed by atoms with Gasteiger partial charge in [0.1, 0.15) is 5.75 Å². The fourth-order valence-electron chi connectivity index (χ4n) is 4.32. The Bertz CT molecular complexity index is 1010. The van der Waals surface area contributed by atoms with Crippen LogP contribution in [-0.2, 0) is 14.3 Å². The van der Waals surface area contributed by atoms with Crippen molar-refractivity contribution in [1.29, 1.82) is 0 Å². The molecular formula is C25H31N3O6. The number of nitrogens with zero attached hydrogens (tertiary/aromatic N) is 2. The van der Waals surface area contributed by atoms with Gasteiger partial charge in [0, 0.05) is 32.6 Å². The predicted molar refractivity (Wildman–Crippen MR) is 127 cm³/mol. The van der Waals surface area contributed by atoms with Crippen molar-refractivity contribution < 1.29 is 28.5 Å². The molecule has 182 valence electrons. The minimum atomic E-state index is -0.150. The summed E-state index contributed by atoms with van der Waals surface area (Å²) in [6, 6.07) is 13.2. The minimum absolute atomic E-state index is 0.0168. The summed E-state index contributed by atoms with van der Waals surface area (Å²) in [5, 5.41) is 3.06. The number of methoxy groups -OCH3 is 2. The number of carbonyl (C=O) groups excluding carboxylic acids is 2. The van der Waals surface area contributed by atoms with Gasteiger partial charge in [0.05, 0.1) is 39.2 Å². The molecule has 2 amide bonds. The Labute approximate surface area is 199 Å². The molecule has 2 aromatic rings. The number of fused-ring (bicyclic) bond motifs is 1. The topological polar surface area (TPSA) is 89.6 Å². The summed E-state index contributed by atoms with van der Waals surface area (Å²) in [5.41, 5.74) is 1.72. The van der Waals surface area contributed by atoms with Crippen molar-refractivity contribution in [2.45, 2.75) is 12.5 Å². The Morgan fingerprint density at radius 2 is 1.85 bits per heavy atom. The predicted octanol–water partition coefficient (Wildman–Crippen LogP) is 2.01. The number of carbonyl (C=O) groups is 2. The number of nitrogens with one attached hydrogen (secondary N) is 1. The van der Waals surface area contributed by atoms with Gasteiger partial charge in [-0.25, -0.2) is 0 Å². The molecule has 2 aromatic carbocycles. The molecule has 0 bridgehead atoms. The fraction of sp³-hybridized carbons (Fsp3) is 0.440. The van der Waals surface area contributed by atoms with Crippen LogP contribution in [0.4, 0.5) is 5.69 Å². The normalized spacial score (nSPS) is 16.9. The summed E-state index contributed by atoms with van der Waals surface area (Å²) < 4.78 is 21.8. The van der Waals surface area contributed by atoms with Crippen LogP contribution in [0.2, 0.25) is 0 Å². The second-order valence-electron chi connectivity index (χ2n) is 8.13. The molecule has 1 saturated heterocycles. The van der Waals surface area contributed by atoms with E-state index in [0.717, 1.165) is 18.7 Å². The van der Waals surface area contributed by atoms with Gasteiger partial charge in [-0.15, -0.1) is 0 Å². The molecule has 1 unspecified atom stereocenters. The summed E-state index contributed by atoms with van der Waals surface area (Å²) in [4.78, 5) is 29.1. The first-order valence-electron chi connectivity index (χ1n) is 11.4. The third-order valence-electron chi connectivity index (χ3n) is 6.14. The van der Waals surface area contributed by atoms with E-state index in [1.54, 1.807) is 19.1 Å². The van der Waals surface area contributed by atoms with Crippen LogP contribution in [0.15, 0.2) is 42.5 Å². The molecule has 0 saturated carbocycles. The average molecular weight is 470 g/mol. The van der Waals surface area contributed by atoms with Gasteiger partial charge in [0.15, 0.2) is 18.1 Å². The van der Waals surface area contributed by atoms with Crippen LogP contribution in [0.3, 0.4) is 0 Å². The highest BCUT2D eigenvalue weighted by Crippen LogP contribution is 2.33. The highest BCUT2D eigenvalue weighted by Gasteiger charge is 2.27. The van der Waals surface area contributed by atoms with Gasteiger partial charge >= 0.3 is 0 Å². The highest BCUT2D eigenvalue weighted by molar-refractivity contribution is 5.98. The van der Waals surface area contributed by atoms with Crippen LogP contribution in [0.5, 0.6) is 17.2 Å². The van der Waals surface area contributed by atoms with Gasteiger partial charge in [-0.2, -0.15) is 0 Å². The number of anilines is 1. The summed E-state index contributed by atoms with van der Waals surface area (Å²) in [6.07, 6.45) is 0.196. The smallest absolute Gasteiger partial charge is 0.265 e. The van der Waals surface area contributed by atoms with Crippen molar-refractivity contribution in [3.63, 3.8) is 0 Å². The van der Waals surface area contributed by atoms with Gasteiger partial charge in [-0.3, -0.25) is 14.5 Å². The quantitative estimate of drug-likeness (QED) is 0.601. The summed E-state index contributed by atoms with van der Waals surface area (Å²) in [5.74, 6) is 1.70. The number of ether oxygens (including phenoxy) is 4. The number of rotatable bonds is 9. The Morgan fingerprint density at radius 1 is 1.09 bits per heavy atom. The maximum Gasteiger partial charge on any atom is 0.265 e. The molecule has 1 fully saturated rings. The Balaban J connectivity index is 1.41. The third-order valence-corrected chi connectivity index (χ3v) is 6.14. The molecular weight excluding hydrogens is 438 g/mol. The molecule has 2 heterocycles. The fourth-order valence-corrected chi connectivity index (χ4v) is 4.32. The van der Waals surface area contributed by atoms with E-state index in [1.807, 2.05) is 42.5 Å². The van der Waals surface area contributed by atoms with E-state index in [1.165, 1.54) is 0 Å². The lowest BCUT2D eigenvalue weighted by molar-refractivity contribution is -0.122. The first-order valence-corrected chi connectivity index (χ1v) is 11.4. The lowest BCUT2D eigenvalue weighted by Gasteiger charge is -2.35. The monoisotopic (exact) mass is 469 g/mol. The molecule has 2 aliphatic rings. The van der Waals surface area contributed by atoms with Crippen LogP contribution in [0, 0.1) is 0 Å².